The van der Waals surface area contributed by atoms with E-state index >= 15 is 0 Å². The molecule has 1 atom stereocenters. The molecule has 0 saturated carbocycles. The van der Waals surface area contributed by atoms with Crippen molar-refractivity contribution in [2.45, 2.75) is 25.6 Å². The summed E-state index contributed by atoms with van der Waals surface area (Å²) in [4.78, 5) is 26.7. The molecule has 0 saturated heterocycles. The van der Waals surface area contributed by atoms with E-state index in [1.165, 1.54) is 47.3 Å². The van der Waals surface area contributed by atoms with Gasteiger partial charge in [0.15, 0.2) is 12.4 Å². The molecule has 3 aromatic rings. The number of rotatable bonds is 8. The lowest BCUT2D eigenvalue weighted by molar-refractivity contribution is -0.153. The Morgan fingerprint density at radius 3 is 2.74 bits per heavy atom. The van der Waals surface area contributed by atoms with Gasteiger partial charge in [-0.05, 0) is 36.8 Å². The lowest BCUT2D eigenvalue weighted by Crippen LogP contribution is -2.32. The van der Waals surface area contributed by atoms with Crippen LogP contribution in [0.15, 0.2) is 81.3 Å². The smallest absolute Gasteiger partial charge is 0.422 e. The normalized spacial score (nSPS) is 16.4. The molecular weight excluding hydrogens is 504 g/mol. The molecule has 0 aliphatic carbocycles. The second-order valence-electron chi connectivity index (χ2n) is 8.19. The number of halogens is 4. The third-order valence-electron chi connectivity index (χ3n) is 5.70. The number of amidine groups is 1. The molecule has 0 bridgehead atoms. The Morgan fingerprint density at radius 2 is 2.05 bits per heavy atom. The van der Waals surface area contributed by atoms with Crippen LogP contribution in [0.25, 0.3) is 16.6 Å². The molecule has 2 heterocycles. The number of nitrogens with zero attached hydrogens (tertiary/aromatic N) is 4. The van der Waals surface area contributed by atoms with Crippen LogP contribution in [0.4, 0.5) is 17.6 Å². The van der Waals surface area contributed by atoms with Gasteiger partial charge in [0, 0.05) is 13.1 Å². The molecular formula is C26H24F4N6O2. The zero-order chi connectivity index (χ0) is 27.4. The van der Waals surface area contributed by atoms with Crippen molar-refractivity contribution in [3.63, 3.8) is 0 Å². The summed E-state index contributed by atoms with van der Waals surface area (Å²) in [5.74, 6) is -0.178. The first-order valence-corrected chi connectivity index (χ1v) is 11.6. The molecule has 8 nitrogen and oxygen atoms in total. The van der Waals surface area contributed by atoms with Gasteiger partial charge in [-0.3, -0.25) is 14.4 Å². The maximum absolute atomic E-state index is 14.8. The standard InChI is InChI=1S/C26H24F4N6O2/c1-4-18(22-23(31-3)33-14-32-22)34-19(5-2)24-35-20-11-7-10-17(27)21(20)25(37)36(24)15-8-6-9-16(12-15)38-13-26(28,29)30/h4,6-12,14,19,34H,1,5,13H2,2-3H3,(H,31,32,33)/b22-18-/t19-/m0/s1. The summed E-state index contributed by atoms with van der Waals surface area (Å²) in [6, 6.07) is 9.04. The molecule has 4 rings (SSSR count). The lowest BCUT2D eigenvalue weighted by atomic mass is 10.1. The number of aliphatic imine (C=N–C) groups is 2. The van der Waals surface area contributed by atoms with Gasteiger partial charge < -0.3 is 15.4 Å². The summed E-state index contributed by atoms with van der Waals surface area (Å²) in [5.41, 5.74) is 0.563. The Morgan fingerprint density at radius 1 is 1.29 bits per heavy atom. The van der Waals surface area contributed by atoms with Gasteiger partial charge in [0.25, 0.3) is 5.56 Å². The van der Waals surface area contributed by atoms with E-state index < -0.39 is 30.2 Å². The summed E-state index contributed by atoms with van der Waals surface area (Å²) >= 11 is 0. The zero-order valence-corrected chi connectivity index (χ0v) is 20.5. The molecule has 198 valence electrons. The first-order valence-electron chi connectivity index (χ1n) is 11.6. The first-order chi connectivity index (χ1) is 18.2. The molecule has 2 N–H and O–H groups in total. The molecule has 0 spiro atoms. The van der Waals surface area contributed by atoms with E-state index in [4.69, 9.17) is 4.74 Å². The number of hydrogen-bond acceptors (Lipinski definition) is 6. The third-order valence-corrected chi connectivity index (χ3v) is 5.70. The van der Waals surface area contributed by atoms with Gasteiger partial charge in [0.2, 0.25) is 0 Å². The van der Waals surface area contributed by atoms with Crippen LogP contribution in [0, 0.1) is 5.82 Å². The van der Waals surface area contributed by atoms with Crippen LogP contribution in [0.1, 0.15) is 25.2 Å². The van der Waals surface area contributed by atoms with E-state index in [0.717, 1.165) is 6.07 Å². The van der Waals surface area contributed by atoms with E-state index in [-0.39, 0.29) is 28.2 Å². The summed E-state index contributed by atoms with van der Waals surface area (Å²) in [5, 5.41) is 5.95. The van der Waals surface area contributed by atoms with Crippen LogP contribution in [-0.2, 0) is 0 Å². The number of aromatic nitrogens is 2. The maximum Gasteiger partial charge on any atom is 0.422 e. The fourth-order valence-electron chi connectivity index (χ4n) is 3.98. The number of benzene rings is 2. The number of alkyl halides is 3. The topological polar surface area (TPSA) is 92.9 Å². The molecule has 2 aromatic carbocycles. The highest BCUT2D eigenvalue weighted by molar-refractivity contribution is 6.09. The van der Waals surface area contributed by atoms with E-state index in [1.807, 2.05) is 6.92 Å². The fraction of sp³-hybridized carbons (Fsp3) is 0.231. The highest BCUT2D eigenvalue weighted by atomic mass is 19.4. The highest BCUT2D eigenvalue weighted by Gasteiger charge is 2.29. The second kappa shape index (κ2) is 10.9. The average molecular weight is 529 g/mol. The van der Waals surface area contributed by atoms with Crippen LogP contribution in [0.2, 0.25) is 0 Å². The Bertz CT molecular complexity index is 1520. The fourth-order valence-corrected chi connectivity index (χ4v) is 3.98. The Balaban J connectivity index is 1.90. The van der Waals surface area contributed by atoms with E-state index in [1.54, 1.807) is 13.1 Å². The summed E-state index contributed by atoms with van der Waals surface area (Å²) in [7, 11) is 1.60. The molecule has 38 heavy (non-hydrogen) atoms. The Kier molecular flexibility index (Phi) is 7.60. The third kappa shape index (κ3) is 5.43. The minimum Gasteiger partial charge on any atom is -0.484 e. The molecule has 12 heteroatoms. The van der Waals surface area contributed by atoms with Gasteiger partial charge in [-0.1, -0.05) is 25.6 Å². The van der Waals surface area contributed by atoms with Crippen molar-refractivity contribution in [3.05, 3.63) is 88.5 Å². The van der Waals surface area contributed by atoms with Gasteiger partial charge in [-0.2, -0.15) is 13.2 Å². The van der Waals surface area contributed by atoms with Gasteiger partial charge in [-0.15, -0.1) is 0 Å². The SMILES string of the molecule is C=C/C(N[C@@H](CC)c1nc2cccc(F)c2c(=O)n1-c1cccc(OCC(F)(F)F)c1)=C1/N=CN/C1=N/C. The number of fused-ring (bicyclic) bond motifs is 1. The largest absolute Gasteiger partial charge is 0.484 e. The van der Waals surface area contributed by atoms with Crippen molar-refractivity contribution in [2.75, 3.05) is 13.7 Å². The van der Waals surface area contributed by atoms with Crippen LogP contribution in [-0.4, -0.2) is 41.6 Å². The van der Waals surface area contributed by atoms with Crippen molar-refractivity contribution < 1.29 is 22.3 Å². The van der Waals surface area contributed by atoms with Crippen LogP contribution >= 0.6 is 0 Å². The molecule has 0 radical (unpaired) electrons. The van der Waals surface area contributed by atoms with Crippen LogP contribution in [0.3, 0.4) is 0 Å². The van der Waals surface area contributed by atoms with Crippen molar-refractivity contribution in [1.29, 1.82) is 0 Å². The van der Waals surface area contributed by atoms with Crippen LogP contribution < -0.4 is 20.9 Å². The molecule has 0 amide bonds. The Labute approximate surface area is 215 Å². The monoisotopic (exact) mass is 528 g/mol. The molecule has 1 aromatic heterocycles. The summed E-state index contributed by atoms with van der Waals surface area (Å²) in [6.45, 7) is 4.19. The predicted molar refractivity (Wildman–Crippen MR) is 137 cm³/mol. The van der Waals surface area contributed by atoms with Gasteiger partial charge >= 0.3 is 6.18 Å². The number of allylic oxidation sites excluding steroid dienone is 1. The lowest BCUT2D eigenvalue weighted by Gasteiger charge is -2.24. The van der Waals surface area contributed by atoms with Crippen molar-refractivity contribution in [2.24, 2.45) is 9.98 Å². The highest BCUT2D eigenvalue weighted by Crippen LogP contribution is 2.26. The van der Waals surface area contributed by atoms with Gasteiger partial charge in [0.05, 0.1) is 29.3 Å². The average Bonchev–Trinajstić information content (AvgIpc) is 3.36. The minimum atomic E-state index is -4.55. The molecule has 1 aliphatic rings. The maximum atomic E-state index is 14.8. The Hall–Kier alpha value is -4.48. The van der Waals surface area contributed by atoms with Crippen molar-refractivity contribution in [3.8, 4) is 11.4 Å². The minimum absolute atomic E-state index is 0.114. The van der Waals surface area contributed by atoms with Gasteiger partial charge in [-0.25, -0.2) is 14.4 Å². The molecule has 0 unspecified atom stereocenters. The van der Waals surface area contributed by atoms with Crippen molar-refractivity contribution >= 4 is 23.1 Å². The van der Waals surface area contributed by atoms with E-state index in [9.17, 15) is 22.4 Å². The summed E-state index contributed by atoms with van der Waals surface area (Å²) < 4.78 is 59.0. The van der Waals surface area contributed by atoms with Crippen molar-refractivity contribution in [1.82, 2.24) is 20.2 Å². The quantitative estimate of drug-likeness (QED) is 0.418. The molecule has 1 aliphatic heterocycles. The van der Waals surface area contributed by atoms with Crippen LogP contribution in [0.5, 0.6) is 5.75 Å². The van der Waals surface area contributed by atoms with E-state index in [2.05, 4.69) is 32.2 Å². The number of nitrogens with one attached hydrogen (secondary N) is 2. The second-order valence-corrected chi connectivity index (χ2v) is 8.19. The predicted octanol–water partition coefficient (Wildman–Crippen LogP) is 4.56. The summed E-state index contributed by atoms with van der Waals surface area (Å²) in [6.07, 6.45) is -1.11. The van der Waals surface area contributed by atoms with Gasteiger partial charge in [0.1, 0.15) is 28.5 Å². The van der Waals surface area contributed by atoms with E-state index in [0.29, 0.717) is 23.7 Å². The molecule has 0 fully saturated rings. The number of ether oxygens (including phenoxy) is 1. The number of hydrogen-bond donors (Lipinski definition) is 2. The first kappa shape index (κ1) is 26.6. The zero-order valence-electron chi connectivity index (χ0n) is 20.5.